The number of aromatic nitrogens is 2. The Kier molecular flexibility index (Phi) is 4.49. The van der Waals surface area contributed by atoms with Crippen LogP contribution in [0.1, 0.15) is 26.5 Å². The Hall–Kier alpha value is -2.82. The van der Waals surface area contributed by atoms with Crippen molar-refractivity contribution in [2.24, 2.45) is 0 Å². The molecule has 0 saturated heterocycles. The molecule has 25 heavy (non-hydrogen) atoms. The van der Waals surface area contributed by atoms with E-state index in [0.717, 1.165) is 16.3 Å². The van der Waals surface area contributed by atoms with Crippen molar-refractivity contribution in [3.63, 3.8) is 0 Å². The molecule has 0 radical (unpaired) electrons. The van der Waals surface area contributed by atoms with Crippen LogP contribution in [0.25, 0.3) is 22.0 Å². The van der Waals surface area contributed by atoms with Crippen LogP contribution in [0.4, 0.5) is 4.39 Å². The Morgan fingerprint density at radius 1 is 1.12 bits per heavy atom. The van der Waals surface area contributed by atoms with Gasteiger partial charge in [0, 0.05) is 17.1 Å². The monoisotopic (exact) mass is 338 g/mol. The molecule has 0 aliphatic heterocycles. The van der Waals surface area contributed by atoms with Crippen LogP contribution in [0, 0.1) is 5.95 Å². The van der Waals surface area contributed by atoms with Gasteiger partial charge >= 0.3 is 5.97 Å². The van der Waals surface area contributed by atoms with Crippen LogP contribution in [0.2, 0.25) is 0 Å². The predicted octanol–water partition coefficient (Wildman–Crippen LogP) is 4.32. The summed E-state index contributed by atoms with van der Waals surface area (Å²) in [6.45, 7) is 5.49. The van der Waals surface area contributed by atoms with Crippen LogP contribution in [0.5, 0.6) is 0 Å². The van der Waals surface area contributed by atoms with Gasteiger partial charge < -0.3 is 4.74 Å². The SMILES string of the molecule is CC(C)(C)OC(=O)Cc1cc2cc(-c3cccc(F)n3)ccc2cn1. The molecule has 5 heteroatoms. The van der Waals surface area contributed by atoms with E-state index in [1.54, 1.807) is 18.3 Å². The smallest absolute Gasteiger partial charge is 0.312 e. The summed E-state index contributed by atoms with van der Waals surface area (Å²) in [5.41, 5.74) is 1.48. The zero-order valence-electron chi connectivity index (χ0n) is 14.4. The molecule has 2 aromatic heterocycles. The Morgan fingerprint density at radius 3 is 2.64 bits per heavy atom. The maximum Gasteiger partial charge on any atom is 0.312 e. The maximum atomic E-state index is 13.3. The van der Waals surface area contributed by atoms with E-state index in [4.69, 9.17) is 4.74 Å². The topological polar surface area (TPSA) is 52.1 Å². The second-order valence-corrected chi connectivity index (χ2v) is 6.85. The zero-order valence-corrected chi connectivity index (χ0v) is 14.4. The van der Waals surface area contributed by atoms with E-state index in [0.29, 0.717) is 11.4 Å². The second-order valence-electron chi connectivity index (χ2n) is 6.85. The highest BCUT2D eigenvalue weighted by atomic mass is 19.1. The minimum atomic E-state index is -0.524. The summed E-state index contributed by atoms with van der Waals surface area (Å²) in [6.07, 6.45) is 1.83. The largest absolute Gasteiger partial charge is 0.460 e. The van der Waals surface area contributed by atoms with Gasteiger partial charge in [-0.05, 0) is 50.4 Å². The minimum Gasteiger partial charge on any atom is -0.460 e. The average Bonchev–Trinajstić information content (AvgIpc) is 2.52. The van der Waals surface area contributed by atoms with Gasteiger partial charge in [0.15, 0.2) is 0 Å². The van der Waals surface area contributed by atoms with Crippen LogP contribution in [-0.2, 0) is 16.0 Å². The van der Waals surface area contributed by atoms with Crippen molar-refractivity contribution in [3.05, 3.63) is 60.3 Å². The molecule has 0 bridgehead atoms. The van der Waals surface area contributed by atoms with Gasteiger partial charge in [-0.1, -0.05) is 18.2 Å². The number of hydrogen-bond acceptors (Lipinski definition) is 4. The fraction of sp³-hybridized carbons (Fsp3) is 0.250. The third-order valence-electron chi connectivity index (χ3n) is 3.53. The molecule has 3 aromatic rings. The molecule has 2 heterocycles. The van der Waals surface area contributed by atoms with E-state index >= 15 is 0 Å². The molecule has 0 atom stereocenters. The number of esters is 1. The molecule has 0 aliphatic carbocycles. The average molecular weight is 338 g/mol. The van der Waals surface area contributed by atoms with Gasteiger partial charge in [0.25, 0.3) is 0 Å². The Balaban J connectivity index is 1.90. The zero-order chi connectivity index (χ0) is 18.0. The lowest BCUT2D eigenvalue weighted by Crippen LogP contribution is -2.25. The minimum absolute atomic E-state index is 0.107. The number of ether oxygens (including phenoxy) is 1. The summed E-state index contributed by atoms with van der Waals surface area (Å²) in [5.74, 6) is -0.833. The number of carbonyl (C=O) groups excluding carboxylic acids is 1. The number of benzene rings is 1. The van der Waals surface area contributed by atoms with Gasteiger partial charge in [0.1, 0.15) is 5.60 Å². The maximum absolute atomic E-state index is 13.3. The number of pyridine rings is 2. The van der Waals surface area contributed by atoms with Gasteiger partial charge in [-0.15, -0.1) is 0 Å². The molecule has 4 nitrogen and oxygen atoms in total. The van der Waals surface area contributed by atoms with Gasteiger partial charge in [-0.25, -0.2) is 4.98 Å². The van der Waals surface area contributed by atoms with Crippen molar-refractivity contribution in [3.8, 4) is 11.3 Å². The first-order valence-corrected chi connectivity index (χ1v) is 8.04. The van der Waals surface area contributed by atoms with E-state index in [9.17, 15) is 9.18 Å². The summed E-state index contributed by atoms with van der Waals surface area (Å²) in [6, 6.07) is 12.2. The van der Waals surface area contributed by atoms with Crippen LogP contribution < -0.4 is 0 Å². The number of halogens is 1. The predicted molar refractivity (Wildman–Crippen MR) is 94.5 cm³/mol. The molecule has 0 amide bonds. The van der Waals surface area contributed by atoms with Gasteiger partial charge in [-0.2, -0.15) is 4.39 Å². The normalized spacial score (nSPS) is 11.5. The molecule has 1 aromatic carbocycles. The number of fused-ring (bicyclic) bond motifs is 1. The first-order chi connectivity index (χ1) is 11.8. The van der Waals surface area contributed by atoms with E-state index in [1.165, 1.54) is 6.07 Å². The third kappa shape index (κ3) is 4.38. The lowest BCUT2D eigenvalue weighted by Gasteiger charge is -2.19. The van der Waals surface area contributed by atoms with Gasteiger partial charge in [0.2, 0.25) is 5.95 Å². The van der Waals surface area contributed by atoms with Crippen LogP contribution in [0.3, 0.4) is 0 Å². The number of carbonyl (C=O) groups is 1. The van der Waals surface area contributed by atoms with Gasteiger partial charge in [-0.3, -0.25) is 9.78 Å². The quantitative estimate of drug-likeness (QED) is 0.527. The third-order valence-corrected chi connectivity index (χ3v) is 3.53. The molecule has 0 spiro atoms. The Bertz CT molecular complexity index is 932. The first kappa shape index (κ1) is 17.0. The van der Waals surface area contributed by atoms with Crippen molar-refractivity contribution in [2.45, 2.75) is 32.8 Å². The fourth-order valence-electron chi connectivity index (χ4n) is 2.54. The van der Waals surface area contributed by atoms with E-state index in [2.05, 4.69) is 9.97 Å². The fourth-order valence-corrected chi connectivity index (χ4v) is 2.54. The summed E-state index contributed by atoms with van der Waals surface area (Å²) >= 11 is 0. The molecule has 0 unspecified atom stereocenters. The molecular weight excluding hydrogens is 319 g/mol. The van der Waals surface area contributed by atoms with E-state index in [1.807, 2.05) is 45.0 Å². The van der Waals surface area contributed by atoms with E-state index < -0.39 is 11.5 Å². The standard InChI is InChI=1S/C20H19FN2O2/c1-20(2,3)25-19(24)11-16-10-15-9-13(7-8-14(15)12-22-16)17-5-4-6-18(21)23-17/h4-10,12H,11H2,1-3H3. The highest BCUT2D eigenvalue weighted by molar-refractivity contribution is 5.87. The molecule has 3 rings (SSSR count). The first-order valence-electron chi connectivity index (χ1n) is 8.04. The molecule has 0 saturated carbocycles. The summed E-state index contributed by atoms with van der Waals surface area (Å²) < 4.78 is 18.7. The Morgan fingerprint density at radius 2 is 1.92 bits per heavy atom. The van der Waals surface area contributed by atoms with Crippen LogP contribution in [-0.4, -0.2) is 21.5 Å². The van der Waals surface area contributed by atoms with E-state index in [-0.39, 0.29) is 12.4 Å². The molecular formula is C20H19FN2O2. The number of rotatable bonds is 3. The molecule has 0 N–H and O–H groups in total. The van der Waals surface area contributed by atoms with Crippen molar-refractivity contribution in [1.29, 1.82) is 0 Å². The van der Waals surface area contributed by atoms with Gasteiger partial charge in [0.05, 0.1) is 17.8 Å². The van der Waals surface area contributed by atoms with Crippen LogP contribution >= 0.6 is 0 Å². The molecule has 0 fully saturated rings. The Labute approximate surface area is 145 Å². The van der Waals surface area contributed by atoms with Crippen LogP contribution in [0.15, 0.2) is 48.7 Å². The highest BCUT2D eigenvalue weighted by Crippen LogP contribution is 2.23. The lowest BCUT2D eigenvalue weighted by molar-refractivity contribution is -0.153. The molecule has 128 valence electrons. The molecule has 0 aliphatic rings. The number of nitrogens with zero attached hydrogens (tertiary/aromatic N) is 2. The highest BCUT2D eigenvalue weighted by Gasteiger charge is 2.17. The summed E-state index contributed by atoms with van der Waals surface area (Å²) in [7, 11) is 0. The van der Waals surface area contributed by atoms with Crippen molar-refractivity contribution < 1.29 is 13.9 Å². The van der Waals surface area contributed by atoms with Crippen molar-refractivity contribution in [1.82, 2.24) is 9.97 Å². The summed E-state index contributed by atoms with van der Waals surface area (Å²) in [4.78, 5) is 20.2. The van der Waals surface area contributed by atoms with Crippen molar-refractivity contribution in [2.75, 3.05) is 0 Å². The number of hydrogen-bond donors (Lipinski definition) is 0. The van der Waals surface area contributed by atoms with Crippen molar-refractivity contribution >= 4 is 16.7 Å². The second kappa shape index (κ2) is 6.59. The lowest BCUT2D eigenvalue weighted by atomic mass is 10.0. The summed E-state index contributed by atoms with van der Waals surface area (Å²) in [5, 5.41) is 1.85.